The molecule has 7 nitrogen and oxygen atoms in total. The van der Waals surface area contributed by atoms with Gasteiger partial charge >= 0.3 is 6.18 Å². The summed E-state index contributed by atoms with van der Waals surface area (Å²) in [6.45, 7) is 0. The number of alkyl halides is 3. The van der Waals surface area contributed by atoms with Crippen LogP contribution < -0.4 is 15.4 Å². The molecule has 2 aromatic rings. The molecule has 0 spiro atoms. The van der Waals surface area contributed by atoms with E-state index in [0.717, 1.165) is 23.9 Å². The SMILES string of the molecule is COc1cc(C2C(C#N)=C(SCC(=O)Nc3cccc(C(F)(F)F)c3)NC3=C2C(=O)CCC3)ccc1O. The zero-order chi connectivity index (χ0) is 26.7. The number of thioether (sulfide) groups is 1. The van der Waals surface area contributed by atoms with Crippen molar-refractivity contribution in [1.82, 2.24) is 5.32 Å². The Labute approximate surface area is 215 Å². The molecule has 0 fully saturated rings. The molecule has 0 radical (unpaired) electrons. The predicted octanol–water partition coefficient (Wildman–Crippen LogP) is 5.22. The summed E-state index contributed by atoms with van der Waals surface area (Å²) >= 11 is 1.02. The second kappa shape index (κ2) is 10.6. The fraction of sp³-hybridized carbons (Fsp3) is 0.269. The van der Waals surface area contributed by atoms with Crippen molar-refractivity contribution in [2.45, 2.75) is 31.4 Å². The maximum Gasteiger partial charge on any atom is 0.416 e. The van der Waals surface area contributed by atoms with Gasteiger partial charge in [0.2, 0.25) is 5.91 Å². The van der Waals surface area contributed by atoms with Gasteiger partial charge in [0.05, 0.1) is 41.0 Å². The number of nitrogens with zero attached hydrogens (tertiary/aromatic N) is 1. The van der Waals surface area contributed by atoms with Crippen molar-refractivity contribution in [3.8, 4) is 17.6 Å². The van der Waals surface area contributed by atoms with Gasteiger partial charge in [-0.25, -0.2) is 0 Å². The summed E-state index contributed by atoms with van der Waals surface area (Å²) < 4.78 is 44.1. The Morgan fingerprint density at radius 2 is 2.05 bits per heavy atom. The lowest BCUT2D eigenvalue weighted by molar-refractivity contribution is -0.137. The van der Waals surface area contributed by atoms with E-state index in [9.17, 15) is 33.1 Å². The van der Waals surface area contributed by atoms with Crippen LogP contribution in [0.3, 0.4) is 0 Å². The number of halogens is 3. The van der Waals surface area contributed by atoms with Gasteiger partial charge in [0, 0.05) is 23.4 Å². The Morgan fingerprint density at radius 3 is 2.76 bits per heavy atom. The second-order valence-electron chi connectivity index (χ2n) is 8.43. The first-order valence-corrected chi connectivity index (χ1v) is 12.2. The molecule has 1 heterocycles. The van der Waals surface area contributed by atoms with Crippen LogP contribution in [-0.2, 0) is 15.8 Å². The quantitative estimate of drug-likeness (QED) is 0.470. The molecule has 1 aliphatic heterocycles. The molecule has 0 aromatic heterocycles. The topological polar surface area (TPSA) is 111 Å². The van der Waals surface area contributed by atoms with E-state index in [1.54, 1.807) is 12.1 Å². The normalized spacial score (nSPS) is 17.6. The number of phenolic OH excluding ortho intramolecular Hbond substituents is 1. The van der Waals surface area contributed by atoms with E-state index in [1.165, 1.54) is 25.3 Å². The number of carbonyl (C=O) groups excluding carboxylic acids is 2. The number of carbonyl (C=O) groups is 2. The van der Waals surface area contributed by atoms with Crippen molar-refractivity contribution in [1.29, 1.82) is 5.26 Å². The zero-order valence-electron chi connectivity index (χ0n) is 19.6. The first kappa shape index (κ1) is 26.2. The van der Waals surface area contributed by atoms with Gasteiger partial charge in [-0.3, -0.25) is 9.59 Å². The van der Waals surface area contributed by atoms with E-state index in [4.69, 9.17) is 4.74 Å². The van der Waals surface area contributed by atoms with Crippen molar-refractivity contribution in [3.63, 3.8) is 0 Å². The van der Waals surface area contributed by atoms with Crippen molar-refractivity contribution in [2.24, 2.45) is 0 Å². The number of nitrogens with one attached hydrogen (secondary N) is 2. The zero-order valence-corrected chi connectivity index (χ0v) is 20.4. The van der Waals surface area contributed by atoms with Gasteiger partial charge < -0.3 is 20.5 Å². The van der Waals surface area contributed by atoms with Gasteiger partial charge in [0.25, 0.3) is 0 Å². The molecule has 2 aromatic carbocycles. The largest absolute Gasteiger partial charge is 0.504 e. The summed E-state index contributed by atoms with van der Waals surface area (Å²) in [6.07, 6.45) is -2.99. The van der Waals surface area contributed by atoms with E-state index in [-0.39, 0.29) is 34.3 Å². The van der Waals surface area contributed by atoms with E-state index >= 15 is 0 Å². The number of anilines is 1. The maximum atomic E-state index is 13.0. The third-order valence-corrected chi connectivity index (χ3v) is 7.04. The molecular formula is C26H22F3N3O4S. The average Bonchev–Trinajstić information content (AvgIpc) is 2.86. The Morgan fingerprint density at radius 1 is 1.27 bits per heavy atom. The van der Waals surface area contributed by atoms with E-state index in [0.29, 0.717) is 41.1 Å². The third-order valence-electron chi connectivity index (χ3n) is 6.02. The number of rotatable bonds is 6. The molecule has 0 saturated heterocycles. The van der Waals surface area contributed by atoms with Gasteiger partial charge in [-0.2, -0.15) is 18.4 Å². The summed E-state index contributed by atoms with van der Waals surface area (Å²) in [7, 11) is 1.39. The van der Waals surface area contributed by atoms with Gasteiger partial charge in [-0.15, -0.1) is 0 Å². The smallest absolute Gasteiger partial charge is 0.416 e. The number of methoxy groups -OCH3 is 1. The minimum atomic E-state index is -4.54. The highest BCUT2D eigenvalue weighted by Crippen LogP contribution is 2.45. The minimum Gasteiger partial charge on any atom is -0.504 e. The molecule has 4 rings (SSSR count). The molecule has 192 valence electrons. The Kier molecular flexibility index (Phi) is 7.50. The van der Waals surface area contributed by atoms with Crippen molar-refractivity contribution in [2.75, 3.05) is 18.2 Å². The van der Waals surface area contributed by atoms with Gasteiger partial charge in [0.15, 0.2) is 17.3 Å². The number of ether oxygens (including phenoxy) is 1. The van der Waals surface area contributed by atoms with E-state index < -0.39 is 23.6 Å². The number of amides is 1. The lowest BCUT2D eigenvalue weighted by Crippen LogP contribution is -2.31. The van der Waals surface area contributed by atoms with Crippen LogP contribution in [0, 0.1) is 11.3 Å². The molecule has 1 aliphatic carbocycles. The number of allylic oxidation sites excluding steroid dienone is 3. The number of hydrogen-bond acceptors (Lipinski definition) is 7. The molecule has 1 unspecified atom stereocenters. The summed E-state index contributed by atoms with van der Waals surface area (Å²) in [4.78, 5) is 25.5. The molecule has 0 saturated carbocycles. The number of hydrogen-bond donors (Lipinski definition) is 3. The number of ketones is 1. The van der Waals surface area contributed by atoms with E-state index in [2.05, 4.69) is 16.7 Å². The van der Waals surface area contributed by atoms with Crippen molar-refractivity contribution >= 4 is 29.1 Å². The van der Waals surface area contributed by atoms with Crippen LogP contribution in [0.5, 0.6) is 11.5 Å². The van der Waals surface area contributed by atoms with Crippen LogP contribution in [0.25, 0.3) is 0 Å². The molecule has 11 heteroatoms. The third kappa shape index (κ3) is 5.59. The monoisotopic (exact) mass is 529 g/mol. The highest BCUT2D eigenvalue weighted by atomic mass is 32.2. The van der Waals surface area contributed by atoms with Gasteiger partial charge in [-0.05, 0) is 48.7 Å². The van der Waals surface area contributed by atoms with Crippen LogP contribution in [0.2, 0.25) is 0 Å². The average molecular weight is 530 g/mol. The summed E-state index contributed by atoms with van der Waals surface area (Å²) in [5, 5.41) is 26.1. The van der Waals surface area contributed by atoms with Crippen LogP contribution in [-0.4, -0.2) is 29.7 Å². The summed E-state index contributed by atoms with van der Waals surface area (Å²) in [5.74, 6) is -1.46. The molecule has 1 atom stereocenters. The van der Waals surface area contributed by atoms with Gasteiger partial charge in [-0.1, -0.05) is 23.9 Å². The number of dihydropyridines is 1. The second-order valence-corrected chi connectivity index (χ2v) is 9.41. The lowest BCUT2D eigenvalue weighted by atomic mass is 9.77. The number of phenols is 1. The highest BCUT2D eigenvalue weighted by Gasteiger charge is 2.37. The van der Waals surface area contributed by atoms with Crippen LogP contribution in [0.1, 0.15) is 36.3 Å². The Hall–Kier alpha value is -3.91. The molecule has 1 amide bonds. The van der Waals surface area contributed by atoms with Crippen LogP contribution >= 0.6 is 11.8 Å². The highest BCUT2D eigenvalue weighted by molar-refractivity contribution is 8.03. The lowest BCUT2D eigenvalue weighted by Gasteiger charge is -2.33. The standard InChI is InChI=1S/C26H22F3N3O4S/c1-36-21-10-14(8-9-19(21)33)23-17(12-30)25(32-18-6-3-7-20(34)24(18)23)37-13-22(35)31-16-5-2-4-15(11-16)26(27,28)29/h2,4-5,8-11,23,32-33H,3,6-7,13H2,1H3,(H,31,35). The number of benzene rings is 2. The summed E-state index contributed by atoms with van der Waals surface area (Å²) in [6, 6.07) is 11.1. The number of aromatic hydroxyl groups is 1. The molecule has 2 aliphatic rings. The van der Waals surface area contributed by atoms with E-state index in [1.807, 2.05) is 0 Å². The number of Topliss-reactive ketones (excluding diaryl/α,β-unsaturated/α-hetero) is 1. The first-order valence-electron chi connectivity index (χ1n) is 11.3. The molecule has 3 N–H and O–H groups in total. The van der Waals surface area contributed by atoms with Crippen molar-refractivity contribution in [3.05, 3.63) is 75.5 Å². The Balaban J connectivity index is 1.61. The predicted molar refractivity (Wildman–Crippen MR) is 132 cm³/mol. The van der Waals surface area contributed by atoms with Gasteiger partial charge in [0.1, 0.15) is 0 Å². The minimum absolute atomic E-state index is 0.00320. The maximum absolute atomic E-state index is 13.0. The summed E-state index contributed by atoms with van der Waals surface area (Å²) in [5.41, 5.74) is 1.04. The van der Waals surface area contributed by atoms with Crippen LogP contribution in [0.15, 0.2) is 64.3 Å². The fourth-order valence-electron chi connectivity index (χ4n) is 4.35. The van der Waals surface area contributed by atoms with Crippen LogP contribution in [0.4, 0.5) is 18.9 Å². The molecular weight excluding hydrogens is 507 g/mol. The Bertz CT molecular complexity index is 1360. The number of nitriles is 1. The molecule has 0 bridgehead atoms. The fourth-order valence-corrected chi connectivity index (χ4v) is 5.21. The van der Waals surface area contributed by atoms with Crippen molar-refractivity contribution < 1.29 is 32.6 Å². The molecule has 37 heavy (non-hydrogen) atoms. The first-order chi connectivity index (χ1) is 17.6.